The van der Waals surface area contributed by atoms with Crippen LogP contribution in [0.5, 0.6) is 0 Å². The highest BCUT2D eigenvalue weighted by Crippen LogP contribution is 2.34. The van der Waals surface area contributed by atoms with Crippen LogP contribution in [0.25, 0.3) is 0 Å². The molecule has 0 atom stereocenters. The third kappa shape index (κ3) is 4.26. The minimum absolute atomic E-state index is 0.0102. The van der Waals surface area contributed by atoms with Gasteiger partial charge in [0, 0.05) is 23.3 Å². The second-order valence-electron chi connectivity index (χ2n) is 7.19. The predicted molar refractivity (Wildman–Crippen MR) is 82.2 cm³/mol. The van der Waals surface area contributed by atoms with Crippen molar-refractivity contribution in [1.29, 1.82) is 0 Å². The number of aromatic nitrogens is 1. The van der Waals surface area contributed by atoms with Gasteiger partial charge in [0.1, 0.15) is 5.82 Å². The van der Waals surface area contributed by atoms with Crippen LogP contribution in [-0.4, -0.2) is 22.1 Å². The van der Waals surface area contributed by atoms with Crippen LogP contribution in [0.1, 0.15) is 46.1 Å². The molecule has 0 aromatic carbocycles. The number of piperidine rings is 1. The number of hydrogen-bond donors (Lipinski definition) is 2. The van der Waals surface area contributed by atoms with Crippen molar-refractivity contribution in [3.63, 3.8) is 0 Å². The van der Waals surface area contributed by atoms with E-state index in [1.807, 2.05) is 0 Å². The molecule has 2 rings (SSSR count). The number of alkyl halides is 3. The number of rotatable bonds is 2. The van der Waals surface area contributed by atoms with Crippen LogP contribution >= 0.6 is 11.6 Å². The molecule has 124 valence electrons. The first-order valence-corrected chi connectivity index (χ1v) is 7.54. The van der Waals surface area contributed by atoms with Gasteiger partial charge in [-0.3, -0.25) is 0 Å². The maximum absolute atomic E-state index is 12.6. The molecule has 1 aromatic heterocycles. The summed E-state index contributed by atoms with van der Waals surface area (Å²) in [5.74, 6) is 0.299. The van der Waals surface area contributed by atoms with Crippen molar-refractivity contribution in [3.8, 4) is 0 Å². The first kappa shape index (κ1) is 17.3. The number of nitrogens with zero attached hydrogens (tertiary/aromatic N) is 1. The van der Waals surface area contributed by atoms with Crippen molar-refractivity contribution in [2.75, 3.05) is 5.32 Å². The van der Waals surface area contributed by atoms with Gasteiger partial charge in [0.05, 0.1) is 10.6 Å². The van der Waals surface area contributed by atoms with Gasteiger partial charge in [0.25, 0.3) is 0 Å². The van der Waals surface area contributed by atoms with Gasteiger partial charge >= 0.3 is 6.18 Å². The molecule has 1 aliphatic heterocycles. The lowest BCUT2D eigenvalue weighted by Crippen LogP contribution is -2.60. The summed E-state index contributed by atoms with van der Waals surface area (Å²) in [6.07, 6.45) is -1.97. The SMILES string of the molecule is CC1(C)CC(Nc2ncc(C(F)(F)F)cc2Cl)CC(C)(C)N1. The Labute approximate surface area is 133 Å². The fourth-order valence-corrected chi connectivity index (χ4v) is 3.54. The molecule has 0 radical (unpaired) electrons. The van der Waals surface area contributed by atoms with Crippen LogP contribution in [0.4, 0.5) is 19.0 Å². The maximum atomic E-state index is 12.6. The highest BCUT2D eigenvalue weighted by molar-refractivity contribution is 6.33. The number of pyridine rings is 1. The lowest BCUT2D eigenvalue weighted by molar-refractivity contribution is -0.137. The first-order valence-electron chi connectivity index (χ1n) is 7.17. The molecule has 1 fully saturated rings. The van der Waals surface area contributed by atoms with E-state index in [2.05, 4.69) is 43.3 Å². The van der Waals surface area contributed by atoms with Crippen LogP contribution in [0, 0.1) is 0 Å². The van der Waals surface area contributed by atoms with Gasteiger partial charge in [0.2, 0.25) is 0 Å². The second-order valence-corrected chi connectivity index (χ2v) is 7.60. The molecule has 7 heteroatoms. The Hall–Kier alpha value is -1.01. The smallest absolute Gasteiger partial charge is 0.366 e. The van der Waals surface area contributed by atoms with Gasteiger partial charge < -0.3 is 10.6 Å². The molecule has 2 heterocycles. The standard InChI is InChI=1S/C15H21ClF3N3/c1-13(2)6-10(7-14(3,4)22-13)21-12-11(16)5-9(8-20-12)15(17,18)19/h5,8,10,22H,6-7H2,1-4H3,(H,20,21). The van der Waals surface area contributed by atoms with E-state index >= 15 is 0 Å². The Morgan fingerprint density at radius 1 is 1.23 bits per heavy atom. The Morgan fingerprint density at radius 3 is 2.23 bits per heavy atom. The molecule has 0 spiro atoms. The quantitative estimate of drug-likeness (QED) is 0.837. The van der Waals surface area contributed by atoms with Crippen LogP contribution in [-0.2, 0) is 6.18 Å². The molecule has 1 aliphatic rings. The molecule has 2 N–H and O–H groups in total. The second kappa shape index (κ2) is 5.57. The molecule has 0 amide bonds. The molecule has 1 aromatic rings. The summed E-state index contributed by atoms with van der Waals surface area (Å²) in [5.41, 5.74) is -0.982. The summed E-state index contributed by atoms with van der Waals surface area (Å²) in [7, 11) is 0. The zero-order valence-electron chi connectivity index (χ0n) is 13.1. The van der Waals surface area contributed by atoms with Gasteiger partial charge in [-0.25, -0.2) is 4.98 Å². The lowest BCUT2D eigenvalue weighted by atomic mass is 9.79. The molecule has 0 bridgehead atoms. The summed E-state index contributed by atoms with van der Waals surface area (Å²) in [6.45, 7) is 8.41. The third-order valence-electron chi connectivity index (χ3n) is 3.70. The molecule has 3 nitrogen and oxygen atoms in total. The molecule has 22 heavy (non-hydrogen) atoms. The van der Waals surface area contributed by atoms with Crippen molar-refractivity contribution in [2.24, 2.45) is 0 Å². The number of nitrogens with one attached hydrogen (secondary N) is 2. The number of anilines is 1. The Balaban J connectivity index is 2.17. The molecule has 1 saturated heterocycles. The maximum Gasteiger partial charge on any atom is 0.417 e. The summed E-state index contributed by atoms with van der Waals surface area (Å²) in [4.78, 5) is 3.85. The lowest BCUT2D eigenvalue weighted by Gasteiger charge is -2.46. The fraction of sp³-hybridized carbons (Fsp3) is 0.667. The Kier molecular flexibility index (Phi) is 4.39. The fourth-order valence-electron chi connectivity index (χ4n) is 3.32. The van der Waals surface area contributed by atoms with E-state index in [4.69, 9.17) is 11.6 Å². The van der Waals surface area contributed by atoms with Crippen molar-refractivity contribution in [1.82, 2.24) is 10.3 Å². The molecule has 0 unspecified atom stereocenters. The number of hydrogen-bond acceptors (Lipinski definition) is 3. The van der Waals surface area contributed by atoms with Crippen LogP contribution in [0.2, 0.25) is 5.02 Å². The topological polar surface area (TPSA) is 37.0 Å². The van der Waals surface area contributed by atoms with Crippen molar-refractivity contribution < 1.29 is 13.2 Å². The van der Waals surface area contributed by atoms with Crippen molar-refractivity contribution in [3.05, 3.63) is 22.8 Å². The first-order chi connectivity index (χ1) is 9.88. The van der Waals surface area contributed by atoms with Gasteiger partial charge in [-0.2, -0.15) is 13.2 Å². The van der Waals surface area contributed by atoms with E-state index in [0.29, 0.717) is 5.82 Å². The van der Waals surface area contributed by atoms with Crippen molar-refractivity contribution in [2.45, 2.75) is 63.8 Å². The highest BCUT2D eigenvalue weighted by Gasteiger charge is 2.38. The third-order valence-corrected chi connectivity index (χ3v) is 3.99. The summed E-state index contributed by atoms with van der Waals surface area (Å²) in [5, 5.41) is 6.73. The minimum atomic E-state index is -4.44. The zero-order chi connectivity index (χ0) is 16.8. The van der Waals surface area contributed by atoms with Crippen LogP contribution < -0.4 is 10.6 Å². The van der Waals surface area contributed by atoms with Crippen molar-refractivity contribution >= 4 is 17.4 Å². The summed E-state index contributed by atoms with van der Waals surface area (Å²) < 4.78 is 37.9. The van der Waals surface area contributed by atoms with Gasteiger partial charge in [-0.15, -0.1) is 0 Å². The molecular weight excluding hydrogens is 315 g/mol. The van der Waals surface area contributed by atoms with E-state index in [-0.39, 0.29) is 22.1 Å². The van der Waals surface area contributed by atoms with Gasteiger partial charge in [-0.05, 0) is 46.6 Å². The van der Waals surface area contributed by atoms with E-state index < -0.39 is 11.7 Å². The van der Waals surface area contributed by atoms with Crippen LogP contribution in [0.15, 0.2) is 12.3 Å². The van der Waals surface area contributed by atoms with E-state index in [1.165, 1.54) is 0 Å². The summed E-state index contributed by atoms with van der Waals surface area (Å²) >= 11 is 5.96. The van der Waals surface area contributed by atoms with Crippen LogP contribution in [0.3, 0.4) is 0 Å². The predicted octanol–water partition coefficient (Wildman–Crippen LogP) is 4.47. The molecule has 0 saturated carbocycles. The average molecular weight is 336 g/mol. The van der Waals surface area contributed by atoms with E-state index in [0.717, 1.165) is 25.1 Å². The Morgan fingerprint density at radius 2 is 1.77 bits per heavy atom. The van der Waals surface area contributed by atoms with Gasteiger partial charge in [-0.1, -0.05) is 11.6 Å². The minimum Gasteiger partial charge on any atom is -0.366 e. The summed E-state index contributed by atoms with van der Waals surface area (Å²) in [6, 6.07) is 1.00. The zero-order valence-corrected chi connectivity index (χ0v) is 13.9. The molecule has 0 aliphatic carbocycles. The molecular formula is C15H21ClF3N3. The van der Waals surface area contributed by atoms with Gasteiger partial charge in [0.15, 0.2) is 0 Å². The highest BCUT2D eigenvalue weighted by atomic mass is 35.5. The Bertz CT molecular complexity index is 539. The average Bonchev–Trinajstić information content (AvgIpc) is 2.26. The largest absolute Gasteiger partial charge is 0.417 e. The van der Waals surface area contributed by atoms with E-state index in [9.17, 15) is 13.2 Å². The number of halogens is 4. The monoisotopic (exact) mass is 335 g/mol. The normalized spacial score (nSPS) is 21.6. The van der Waals surface area contributed by atoms with E-state index in [1.54, 1.807) is 0 Å².